The predicted molar refractivity (Wildman–Crippen MR) is 89.3 cm³/mol. The van der Waals surface area contributed by atoms with Crippen LogP contribution < -0.4 is 15.4 Å². The highest BCUT2D eigenvalue weighted by Crippen LogP contribution is 2.24. The van der Waals surface area contributed by atoms with Gasteiger partial charge in [-0.1, -0.05) is 6.07 Å². The van der Waals surface area contributed by atoms with Crippen LogP contribution in [0.2, 0.25) is 0 Å². The van der Waals surface area contributed by atoms with Crippen LogP contribution in [-0.4, -0.2) is 18.5 Å². The highest BCUT2D eigenvalue weighted by Gasteiger charge is 2.29. The second kappa shape index (κ2) is 7.59. The van der Waals surface area contributed by atoms with Crippen molar-refractivity contribution in [2.24, 2.45) is 5.73 Å². The van der Waals surface area contributed by atoms with Crippen LogP contribution >= 0.6 is 12.4 Å². The molecule has 0 radical (unpaired) electrons. The number of carbonyl (C=O) groups excluding carboxylic acids is 1. The number of anilines is 1. The summed E-state index contributed by atoms with van der Waals surface area (Å²) in [5.74, 6) is -1.29. The Bertz CT molecular complexity index is 725. The molecule has 1 fully saturated rings. The zero-order valence-electron chi connectivity index (χ0n) is 12.7. The number of rotatable bonds is 4. The van der Waals surface area contributed by atoms with E-state index in [2.05, 4.69) is 0 Å². The van der Waals surface area contributed by atoms with Gasteiger partial charge in [0.25, 0.3) is 0 Å². The number of carbonyl (C=O) groups is 1. The fourth-order valence-electron chi connectivity index (χ4n) is 2.48. The van der Waals surface area contributed by atoms with E-state index in [4.69, 9.17) is 10.5 Å². The number of halogens is 3. The zero-order chi connectivity index (χ0) is 16.4. The molecule has 1 aliphatic rings. The molecule has 3 rings (SSSR count). The molecule has 0 saturated carbocycles. The van der Waals surface area contributed by atoms with Crippen LogP contribution in [0.1, 0.15) is 12.0 Å². The minimum atomic E-state index is -0.898. The normalized spacial score (nSPS) is 16.9. The van der Waals surface area contributed by atoms with Crippen molar-refractivity contribution < 1.29 is 18.3 Å². The van der Waals surface area contributed by atoms with Crippen LogP contribution in [0, 0.1) is 11.6 Å². The van der Waals surface area contributed by atoms with E-state index >= 15 is 0 Å². The van der Waals surface area contributed by atoms with Crippen LogP contribution in [0.15, 0.2) is 42.5 Å². The van der Waals surface area contributed by atoms with E-state index in [0.29, 0.717) is 24.3 Å². The first-order valence-electron chi connectivity index (χ1n) is 7.28. The Kier molecular flexibility index (Phi) is 5.75. The number of ether oxygens (including phenoxy) is 1. The van der Waals surface area contributed by atoms with Crippen LogP contribution in [0.4, 0.5) is 14.5 Å². The molecule has 2 N–H and O–H groups in total. The molecular formula is C17H17ClF2N2O2. The maximum atomic E-state index is 13.1. The molecule has 1 amide bonds. The molecule has 1 aliphatic heterocycles. The van der Waals surface area contributed by atoms with Gasteiger partial charge >= 0.3 is 0 Å². The van der Waals surface area contributed by atoms with E-state index in [9.17, 15) is 13.6 Å². The van der Waals surface area contributed by atoms with Crippen molar-refractivity contribution in [3.05, 3.63) is 59.7 Å². The standard InChI is InChI=1S/C17H16F2N2O2.ClH/c18-14-6-1-11(9-15(14)19)10-23-13-4-2-12(3-5-13)21-8-7-16(20)17(21)22;/h1-6,9,16H,7-8,10,20H2;1H/t16-;/m0./s1. The highest BCUT2D eigenvalue weighted by molar-refractivity contribution is 5.99. The van der Waals surface area contributed by atoms with Crippen molar-refractivity contribution in [1.29, 1.82) is 0 Å². The highest BCUT2D eigenvalue weighted by atomic mass is 35.5. The Labute approximate surface area is 144 Å². The summed E-state index contributed by atoms with van der Waals surface area (Å²) in [6.07, 6.45) is 0.646. The molecule has 1 saturated heterocycles. The Hall–Kier alpha value is -2.18. The van der Waals surface area contributed by atoms with Gasteiger partial charge in [0.15, 0.2) is 11.6 Å². The van der Waals surface area contributed by atoms with E-state index in [1.165, 1.54) is 6.07 Å². The molecule has 2 aromatic rings. The summed E-state index contributed by atoms with van der Waals surface area (Å²) in [4.78, 5) is 13.5. The van der Waals surface area contributed by atoms with Gasteiger partial charge in [0, 0.05) is 12.2 Å². The Balaban J connectivity index is 0.00000208. The fourth-order valence-corrected chi connectivity index (χ4v) is 2.48. The zero-order valence-corrected chi connectivity index (χ0v) is 13.6. The predicted octanol–water partition coefficient (Wildman–Crippen LogP) is 3.03. The average molecular weight is 355 g/mol. The molecule has 1 heterocycles. The van der Waals surface area contributed by atoms with Crippen molar-refractivity contribution in [2.45, 2.75) is 19.1 Å². The SMILES string of the molecule is Cl.N[C@H]1CCN(c2ccc(OCc3ccc(F)c(F)c3)cc2)C1=O. The molecule has 7 heteroatoms. The number of hydrogen-bond acceptors (Lipinski definition) is 3. The largest absolute Gasteiger partial charge is 0.489 e. The second-order valence-corrected chi connectivity index (χ2v) is 5.42. The third kappa shape index (κ3) is 3.83. The van der Waals surface area contributed by atoms with Crippen LogP contribution in [0.25, 0.3) is 0 Å². The van der Waals surface area contributed by atoms with Gasteiger partial charge in [0.1, 0.15) is 12.4 Å². The maximum absolute atomic E-state index is 13.1. The van der Waals surface area contributed by atoms with Crippen LogP contribution in [0.3, 0.4) is 0 Å². The van der Waals surface area contributed by atoms with Crippen molar-refractivity contribution in [1.82, 2.24) is 0 Å². The first kappa shape index (κ1) is 18.2. The molecule has 0 aromatic heterocycles. The number of amides is 1. The summed E-state index contributed by atoms with van der Waals surface area (Å²) in [5.41, 5.74) is 7.00. The number of hydrogen-bond donors (Lipinski definition) is 1. The summed E-state index contributed by atoms with van der Waals surface area (Å²) in [6.45, 7) is 0.735. The molecule has 0 unspecified atom stereocenters. The summed E-state index contributed by atoms with van der Waals surface area (Å²) < 4.78 is 31.5. The Morgan fingerprint density at radius 3 is 2.42 bits per heavy atom. The first-order chi connectivity index (χ1) is 11.0. The first-order valence-corrected chi connectivity index (χ1v) is 7.28. The molecule has 128 valence electrons. The molecule has 0 aliphatic carbocycles. The molecule has 0 spiro atoms. The van der Waals surface area contributed by atoms with Gasteiger partial charge in [-0.2, -0.15) is 0 Å². The summed E-state index contributed by atoms with van der Waals surface area (Å²) in [7, 11) is 0. The molecule has 0 bridgehead atoms. The lowest BCUT2D eigenvalue weighted by atomic mass is 10.2. The van der Waals surface area contributed by atoms with Gasteiger partial charge in [-0.05, 0) is 48.4 Å². The number of nitrogens with two attached hydrogens (primary N) is 1. The third-order valence-electron chi connectivity index (χ3n) is 3.78. The second-order valence-electron chi connectivity index (χ2n) is 5.42. The van der Waals surface area contributed by atoms with E-state index < -0.39 is 17.7 Å². The van der Waals surface area contributed by atoms with Crippen molar-refractivity contribution in [3.8, 4) is 5.75 Å². The number of nitrogens with zero attached hydrogens (tertiary/aromatic N) is 1. The molecule has 2 aromatic carbocycles. The van der Waals surface area contributed by atoms with Crippen molar-refractivity contribution in [3.63, 3.8) is 0 Å². The fraction of sp³-hybridized carbons (Fsp3) is 0.235. The summed E-state index contributed by atoms with van der Waals surface area (Å²) >= 11 is 0. The van der Waals surface area contributed by atoms with Gasteiger partial charge in [-0.3, -0.25) is 4.79 Å². The Morgan fingerprint density at radius 2 is 1.83 bits per heavy atom. The van der Waals surface area contributed by atoms with Crippen molar-refractivity contribution >= 4 is 24.0 Å². The van der Waals surface area contributed by atoms with Gasteiger partial charge in [-0.25, -0.2) is 8.78 Å². The molecule has 24 heavy (non-hydrogen) atoms. The third-order valence-corrected chi connectivity index (χ3v) is 3.78. The van der Waals surface area contributed by atoms with Gasteiger partial charge in [0.05, 0.1) is 6.04 Å². The maximum Gasteiger partial charge on any atom is 0.243 e. The van der Waals surface area contributed by atoms with Gasteiger partial charge < -0.3 is 15.4 Å². The lowest BCUT2D eigenvalue weighted by Crippen LogP contribution is -2.33. The van der Waals surface area contributed by atoms with E-state index in [1.807, 2.05) is 0 Å². The summed E-state index contributed by atoms with van der Waals surface area (Å²) in [5, 5.41) is 0. The quantitative estimate of drug-likeness (QED) is 0.918. The van der Waals surface area contributed by atoms with E-state index in [-0.39, 0.29) is 24.9 Å². The average Bonchev–Trinajstić information content (AvgIpc) is 2.89. The monoisotopic (exact) mass is 354 g/mol. The minimum absolute atomic E-state index is 0. The smallest absolute Gasteiger partial charge is 0.243 e. The molecular weight excluding hydrogens is 338 g/mol. The topological polar surface area (TPSA) is 55.6 Å². The lowest BCUT2D eigenvalue weighted by Gasteiger charge is -2.16. The van der Waals surface area contributed by atoms with Gasteiger partial charge in [-0.15, -0.1) is 12.4 Å². The molecule has 1 atom stereocenters. The van der Waals surface area contributed by atoms with Crippen LogP contribution in [-0.2, 0) is 11.4 Å². The molecule has 4 nitrogen and oxygen atoms in total. The van der Waals surface area contributed by atoms with Crippen LogP contribution in [0.5, 0.6) is 5.75 Å². The Morgan fingerprint density at radius 1 is 1.12 bits per heavy atom. The van der Waals surface area contributed by atoms with E-state index in [1.54, 1.807) is 29.2 Å². The minimum Gasteiger partial charge on any atom is -0.489 e. The van der Waals surface area contributed by atoms with Crippen molar-refractivity contribution in [2.75, 3.05) is 11.4 Å². The lowest BCUT2D eigenvalue weighted by molar-refractivity contribution is -0.118. The van der Waals surface area contributed by atoms with Gasteiger partial charge in [0.2, 0.25) is 5.91 Å². The summed E-state index contributed by atoms with van der Waals surface area (Å²) in [6, 6.07) is 10.2. The van der Waals surface area contributed by atoms with E-state index in [0.717, 1.165) is 17.8 Å². The number of benzene rings is 2.